The standard InChI is InChI=1S/C27H24BrNO2/c1-3-30-26-16-20(17-29-23-13-11-19(2)12-14-23)15-25(28)27(26)31-18-22-9-6-8-21-7-4-5-10-24(21)22/h4-17H,3,18H2,1-2H3. The lowest BCUT2D eigenvalue weighted by Gasteiger charge is -2.15. The number of hydrogen-bond acceptors (Lipinski definition) is 3. The van der Waals surface area contributed by atoms with E-state index < -0.39 is 0 Å². The Kier molecular flexibility index (Phi) is 6.68. The molecule has 0 heterocycles. The summed E-state index contributed by atoms with van der Waals surface area (Å²) in [5, 5.41) is 2.40. The molecular formula is C27H24BrNO2. The molecule has 4 aromatic carbocycles. The van der Waals surface area contributed by atoms with E-state index in [-0.39, 0.29) is 0 Å². The van der Waals surface area contributed by atoms with E-state index in [1.165, 1.54) is 16.3 Å². The second kappa shape index (κ2) is 9.80. The average Bonchev–Trinajstić information content (AvgIpc) is 2.78. The molecule has 0 atom stereocenters. The number of aryl methyl sites for hydroxylation is 1. The smallest absolute Gasteiger partial charge is 0.175 e. The lowest BCUT2D eigenvalue weighted by atomic mass is 10.1. The van der Waals surface area contributed by atoms with Crippen LogP contribution in [0.5, 0.6) is 11.5 Å². The molecule has 4 heteroatoms. The second-order valence-electron chi connectivity index (χ2n) is 7.28. The van der Waals surface area contributed by atoms with Crippen molar-refractivity contribution in [2.24, 2.45) is 4.99 Å². The van der Waals surface area contributed by atoms with Gasteiger partial charge in [0, 0.05) is 6.21 Å². The number of halogens is 1. The molecule has 31 heavy (non-hydrogen) atoms. The van der Waals surface area contributed by atoms with Crippen LogP contribution < -0.4 is 9.47 Å². The van der Waals surface area contributed by atoms with Crippen molar-refractivity contribution in [2.45, 2.75) is 20.5 Å². The summed E-state index contributed by atoms with van der Waals surface area (Å²) in [6.45, 7) is 5.04. The van der Waals surface area contributed by atoms with E-state index in [1.54, 1.807) is 0 Å². The highest BCUT2D eigenvalue weighted by molar-refractivity contribution is 9.10. The molecule has 3 nitrogen and oxygen atoms in total. The van der Waals surface area contributed by atoms with Crippen molar-refractivity contribution < 1.29 is 9.47 Å². The minimum atomic E-state index is 0.455. The van der Waals surface area contributed by atoms with Crippen molar-refractivity contribution in [3.8, 4) is 11.5 Å². The van der Waals surface area contributed by atoms with Crippen LogP contribution in [0.25, 0.3) is 10.8 Å². The van der Waals surface area contributed by atoms with Crippen LogP contribution in [-0.4, -0.2) is 12.8 Å². The summed E-state index contributed by atoms with van der Waals surface area (Å²) >= 11 is 3.66. The Hall–Kier alpha value is -3.11. The third-order valence-electron chi connectivity index (χ3n) is 4.98. The third kappa shape index (κ3) is 5.15. The number of rotatable bonds is 7. The van der Waals surface area contributed by atoms with Crippen LogP contribution in [0, 0.1) is 6.92 Å². The summed E-state index contributed by atoms with van der Waals surface area (Å²) in [5.41, 5.74) is 4.20. The molecule has 4 rings (SSSR count). The van der Waals surface area contributed by atoms with E-state index in [9.17, 15) is 0 Å². The first-order valence-electron chi connectivity index (χ1n) is 10.3. The maximum atomic E-state index is 6.23. The van der Waals surface area contributed by atoms with Crippen molar-refractivity contribution in [1.29, 1.82) is 0 Å². The number of benzene rings is 4. The first-order chi connectivity index (χ1) is 15.1. The average molecular weight is 474 g/mol. The van der Waals surface area contributed by atoms with Crippen molar-refractivity contribution >= 4 is 38.6 Å². The summed E-state index contributed by atoms with van der Waals surface area (Å²) in [7, 11) is 0. The van der Waals surface area contributed by atoms with Gasteiger partial charge in [-0.25, -0.2) is 0 Å². The quantitative estimate of drug-likeness (QED) is 0.258. The van der Waals surface area contributed by atoms with Gasteiger partial charge in [-0.1, -0.05) is 60.2 Å². The lowest BCUT2D eigenvalue weighted by Crippen LogP contribution is -2.02. The molecule has 0 spiro atoms. The Balaban J connectivity index is 1.59. The molecule has 0 saturated heterocycles. The second-order valence-corrected chi connectivity index (χ2v) is 8.14. The molecule has 156 valence electrons. The van der Waals surface area contributed by atoms with Gasteiger partial charge in [0.05, 0.1) is 16.8 Å². The first kappa shape index (κ1) is 21.1. The molecule has 0 amide bonds. The number of hydrogen-bond donors (Lipinski definition) is 0. The summed E-state index contributed by atoms with van der Waals surface area (Å²) < 4.78 is 13.0. The summed E-state index contributed by atoms with van der Waals surface area (Å²) in [6, 6.07) is 26.7. The Morgan fingerprint density at radius 3 is 2.48 bits per heavy atom. The highest BCUT2D eigenvalue weighted by Gasteiger charge is 2.13. The molecule has 4 aromatic rings. The normalized spacial score (nSPS) is 11.2. The molecule has 0 aromatic heterocycles. The summed E-state index contributed by atoms with van der Waals surface area (Å²) in [6.07, 6.45) is 1.84. The maximum absolute atomic E-state index is 6.23. The topological polar surface area (TPSA) is 30.8 Å². The van der Waals surface area contributed by atoms with Gasteiger partial charge in [-0.15, -0.1) is 0 Å². The zero-order valence-corrected chi connectivity index (χ0v) is 19.2. The SMILES string of the molecule is CCOc1cc(C=Nc2ccc(C)cc2)cc(Br)c1OCc1cccc2ccccc12. The van der Waals surface area contributed by atoms with Gasteiger partial charge < -0.3 is 9.47 Å². The molecule has 0 fully saturated rings. The monoisotopic (exact) mass is 473 g/mol. The van der Waals surface area contributed by atoms with Crippen LogP contribution in [-0.2, 0) is 6.61 Å². The molecule has 0 bridgehead atoms. The number of nitrogens with zero attached hydrogens (tertiary/aromatic N) is 1. The lowest BCUT2D eigenvalue weighted by molar-refractivity contribution is 0.268. The van der Waals surface area contributed by atoms with Crippen LogP contribution in [0.2, 0.25) is 0 Å². The zero-order chi connectivity index (χ0) is 21.6. The van der Waals surface area contributed by atoms with Gasteiger partial charge in [0.2, 0.25) is 0 Å². The molecular weight excluding hydrogens is 450 g/mol. The molecule has 0 radical (unpaired) electrons. The van der Waals surface area contributed by atoms with Crippen LogP contribution in [0.3, 0.4) is 0 Å². The van der Waals surface area contributed by atoms with E-state index in [0.717, 1.165) is 21.3 Å². The van der Waals surface area contributed by atoms with Gasteiger partial charge in [-0.05, 0) is 75.9 Å². The van der Waals surface area contributed by atoms with E-state index in [0.29, 0.717) is 24.7 Å². The van der Waals surface area contributed by atoms with Crippen LogP contribution in [0.4, 0.5) is 5.69 Å². The van der Waals surface area contributed by atoms with Crippen LogP contribution in [0.1, 0.15) is 23.6 Å². The fraction of sp³-hybridized carbons (Fsp3) is 0.148. The number of fused-ring (bicyclic) bond motifs is 1. The molecule has 0 aliphatic rings. The van der Waals surface area contributed by atoms with Crippen molar-refractivity contribution in [3.63, 3.8) is 0 Å². The Bertz CT molecular complexity index is 1210. The van der Waals surface area contributed by atoms with Gasteiger partial charge in [0.1, 0.15) is 6.61 Å². The van der Waals surface area contributed by atoms with Crippen molar-refractivity contribution in [3.05, 3.63) is 100 Å². The molecule has 0 unspecified atom stereocenters. The Morgan fingerprint density at radius 2 is 1.68 bits per heavy atom. The Labute approximate surface area is 191 Å². The predicted molar refractivity (Wildman–Crippen MR) is 132 cm³/mol. The molecule has 0 aliphatic heterocycles. The van der Waals surface area contributed by atoms with Crippen LogP contribution in [0.15, 0.2) is 88.3 Å². The first-order valence-corrected chi connectivity index (χ1v) is 11.1. The van der Waals surface area contributed by atoms with Gasteiger partial charge in [0.15, 0.2) is 11.5 Å². The van der Waals surface area contributed by atoms with Crippen molar-refractivity contribution in [2.75, 3.05) is 6.61 Å². The van der Waals surface area contributed by atoms with Gasteiger partial charge in [-0.2, -0.15) is 0 Å². The van der Waals surface area contributed by atoms with Crippen molar-refractivity contribution in [1.82, 2.24) is 0 Å². The maximum Gasteiger partial charge on any atom is 0.175 e. The van der Waals surface area contributed by atoms with E-state index in [2.05, 4.69) is 76.4 Å². The largest absolute Gasteiger partial charge is 0.490 e. The van der Waals surface area contributed by atoms with Crippen LogP contribution >= 0.6 is 15.9 Å². The minimum Gasteiger partial charge on any atom is -0.490 e. The fourth-order valence-corrected chi connectivity index (χ4v) is 3.99. The highest BCUT2D eigenvalue weighted by Crippen LogP contribution is 2.37. The van der Waals surface area contributed by atoms with E-state index in [4.69, 9.17) is 9.47 Å². The molecule has 0 N–H and O–H groups in total. The third-order valence-corrected chi connectivity index (χ3v) is 5.57. The zero-order valence-electron chi connectivity index (χ0n) is 17.6. The van der Waals surface area contributed by atoms with E-state index in [1.807, 2.05) is 43.5 Å². The summed E-state index contributed by atoms with van der Waals surface area (Å²) in [5.74, 6) is 1.39. The van der Waals surface area contributed by atoms with Gasteiger partial charge in [-0.3, -0.25) is 4.99 Å². The number of aliphatic imine (C=N–C) groups is 1. The Morgan fingerprint density at radius 1 is 0.903 bits per heavy atom. The highest BCUT2D eigenvalue weighted by atomic mass is 79.9. The minimum absolute atomic E-state index is 0.455. The predicted octanol–water partition coefficient (Wildman–Crippen LogP) is 7.64. The fourth-order valence-electron chi connectivity index (χ4n) is 3.41. The summed E-state index contributed by atoms with van der Waals surface area (Å²) in [4.78, 5) is 4.58. The van der Waals surface area contributed by atoms with Gasteiger partial charge >= 0.3 is 0 Å². The molecule has 0 aliphatic carbocycles. The number of ether oxygens (including phenoxy) is 2. The van der Waals surface area contributed by atoms with E-state index >= 15 is 0 Å². The molecule has 0 saturated carbocycles. The van der Waals surface area contributed by atoms with Gasteiger partial charge in [0.25, 0.3) is 0 Å².